The molecule has 2 aliphatic heterocycles. The smallest absolute Gasteiger partial charge is 0.240 e. The molecule has 5 nitrogen and oxygen atoms in total. The van der Waals surface area contributed by atoms with E-state index < -0.39 is 0 Å². The Morgan fingerprint density at radius 3 is 2.73 bits per heavy atom. The highest BCUT2D eigenvalue weighted by Crippen LogP contribution is 2.23. The summed E-state index contributed by atoms with van der Waals surface area (Å²) in [5, 5.41) is 0. The van der Waals surface area contributed by atoms with Gasteiger partial charge in [-0.2, -0.15) is 0 Å². The van der Waals surface area contributed by atoms with Crippen molar-refractivity contribution in [3.05, 3.63) is 30.1 Å². The second-order valence-corrected chi connectivity index (χ2v) is 6.27. The molecule has 0 aromatic carbocycles. The molecule has 1 aromatic rings. The maximum atomic E-state index is 12.7. The van der Waals surface area contributed by atoms with Crippen LogP contribution in [0.25, 0.3) is 0 Å². The largest absolute Gasteiger partial charge is 0.381 e. The van der Waals surface area contributed by atoms with E-state index in [-0.39, 0.29) is 6.04 Å². The standard InChI is InChI=1S/C17H25N3O2/c1-19(10-4-14-2-8-18-9-3-14)16-5-11-20(17(16)21)15-6-12-22-13-7-15/h2-3,8-9,15-16H,4-7,10-13H2,1H3. The predicted octanol–water partition coefficient (Wildman–Crippen LogP) is 1.34. The van der Waals surface area contributed by atoms with Crippen LogP contribution in [0.3, 0.4) is 0 Å². The Balaban J connectivity index is 1.52. The SMILES string of the molecule is CN(CCc1ccncc1)C1CCN(C2CCOCC2)C1=O. The number of amides is 1. The van der Waals surface area contributed by atoms with Crippen molar-refractivity contribution in [1.82, 2.24) is 14.8 Å². The van der Waals surface area contributed by atoms with E-state index in [0.29, 0.717) is 11.9 Å². The number of hydrogen-bond donors (Lipinski definition) is 0. The molecule has 120 valence electrons. The molecule has 5 heteroatoms. The third kappa shape index (κ3) is 3.47. The number of ether oxygens (including phenoxy) is 1. The molecular weight excluding hydrogens is 278 g/mol. The number of nitrogens with zero attached hydrogens (tertiary/aromatic N) is 3. The molecule has 3 heterocycles. The topological polar surface area (TPSA) is 45.7 Å². The molecular formula is C17H25N3O2. The zero-order valence-electron chi connectivity index (χ0n) is 13.3. The van der Waals surface area contributed by atoms with Gasteiger partial charge >= 0.3 is 0 Å². The van der Waals surface area contributed by atoms with Gasteiger partial charge in [0.25, 0.3) is 0 Å². The van der Waals surface area contributed by atoms with Gasteiger partial charge in [-0.25, -0.2) is 0 Å². The van der Waals surface area contributed by atoms with E-state index in [1.165, 1.54) is 5.56 Å². The fourth-order valence-electron chi connectivity index (χ4n) is 3.47. The number of carbonyl (C=O) groups excluding carboxylic acids is 1. The van der Waals surface area contributed by atoms with Gasteiger partial charge in [-0.05, 0) is 50.4 Å². The van der Waals surface area contributed by atoms with Gasteiger partial charge in [0, 0.05) is 44.7 Å². The van der Waals surface area contributed by atoms with Crippen molar-refractivity contribution in [2.24, 2.45) is 0 Å². The van der Waals surface area contributed by atoms with Gasteiger partial charge < -0.3 is 9.64 Å². The summed E-state index contributed by atoms with van der Waals surface area (Å²) in [6, 6.07) is 4.52. The Kier molecular flexibility index (Phi) is 5.05. The molecule has 0 saturated carbocycles. The first kappa shape index (κ1) is 15.4. The van der Waals surface area contributed by atoms with Gasteiger partial charge in [-0.3, -0.25) is 14.7 Å². The zero-order chi connectivity index (χ0) is 15.4. The molecule has 1 aromatic heterocycles. The summed E-state index contributed by atoms with van der Waals surface area (Å²) in [6.07, 6.45) is 7.52. The second-order valence-electron chi connectivity index (χ2n) is 6.27. The highest BCUT2D eigenvalue weighted by Gasteiger charge is 2.38. The van der Waals surface area contributed by atoms with E-state index in [1.807, 2.05) is 24.5 Å². The normalized spacial score (nSPS) is 23.5. The lowest BCUT2D eigenvalue weighted by Crippen LogP contribution is -2.45. The first-order valence-corrected chi connectivity index (χ1v) is 8.23. The van der Waals surface area contributed by atoms with Crippen LogP contribution in [-0.2, 0) is 16.0 Å². The number of aromatic nitrogens is 1. The average Bonchev–Trinajstić information content (AvgIpc) is 2.96. The quantitative estimate of drug-likeness (QED) is 0.823. The van der Waals surface area contributed by atoms with Crippen LogP contribution in [0, 0.1) is 0 Å². The minimum atomic E-state index is 0.0460. The summed E-state index contributed by atoms with van der Waals surface area (Å²) in [5.41, 5.74) is 1.27. The Morgan fingerprint density at radius 1 is 1.27 bits per heavy atom. The van der Waals surface area contributed by atoms with Crippen molar-refractivity contribution in [2.45, 2.75) is 37.8 Å². The summed E-state index contributed by atoms with van der Waals surface area (Å²) in [7, 11) is 2.07. The van der Waals surface area contributed by atoms with Crippen molar-refractivity contribution in [3.63, 3.8) is 0 Å². The fourth-order valence-corrected chi connectivity index (χ4v) is 3.47. The van der Waals surface area contributed by atoms with Crippen LogP contribution < -0.4 is 0 Å². The number of carbonyl (C=O) groups is 1. The molecule has 0 aliphatic carbocycles. The van der Waals surface area contributed by atoms with Crippen molar-refractivity contribution in [2.75, 3.05) is 33.4 Å². The molecule has 1 unspecified atom stereocenters. The minimum absolute atomic E-state index is 0.0460. The van der Waals surface area contributed by atoms with Crippen LogP contribution in [0.5, 0.6) is 0 Å². The van der Waals surface area contributed by atoms with E-state index in [0.717, 1.165) is 52.0 Å². The molecule has 3 rings (SSSR count). The Bertz CT molecular complexity index is 488. The highest BCUT2D eigenvalue weighted by molar-refractivity contribution is 5.84. The molecule has 22 heavy (non-hydrogen) atoms. The van der Waals surface area contributed by atoms with Gasteiger partial charge in [-0.15, -0.1) is 0 Å². The van der Waals surface area contributed by atoms with Gasteiger partial charge in [0.2, 0.25) is 5.91 Å². The van der Waals surface area contributed by atoms with E-state index >= 15 is 0 Å². The van der Waals surface area contributed by atoms with Crippen molar-refractivity contribution >= 4 is 5.91 Å². The maximum Gasteiger partial charge on any atom is 0.240 e. The van der Waals surface area contributed by atoms with Crippen molar-refractivity contribution in [3.8, 4) is 0 Å². The van der Waals surface area contributed by atoms with Gasteiger partial charge in [0.1, 0.15) is 0 Å². The lowest BCUT2D eigenvalue weighted by Gasteiger charge is -2.32. The highest BCUT2D eigenvalue weighted by atomic mass is 16.5. The maximum absolute atomic E-state index is 12.7. The lowest BCUT2D eigenvalue weighted by molar-refractivity contribution is -0.135. The van der Waals surface area contributed by atoms with Gasteiger partial charge in [0.15, 0.2) is 0 Å². The summed E-state index contributed by atoms with van der Waals surface area (Å²) >= 11 is 0. The molecule has 1 atom stereocenters. The van der Waals surface area contributed by atoms with Gasteiger partial charge in [-0.1, -0.05) is 0 Å². The molecule has 2 saturated heterocycles. The van der Waals surface area contributed by atoms with E-state index in [2.05, 4.69) is 21.8 Å². The van der Waals surface area contributed by atoms with Crippen LogP contribution in [-0.4, -0.2) is 66.1 Å². The molecule has 0 radical (unpaired) electrons. The van der Waals surface area contributed by atoms with Crippen LogP contribution in [0.2, 0.25) is 0 Å². The van der Waals surface area contributed by atoms with E-state index in [1.54, 1.807) is 0 Å². The van der Waals surface area contributed by atoms with Crippen LogP contribution >= 0.6 is 0 Å². The molecule has 2 aliphatic rings. The first-order chi connectivity index (χ1) is 10.8. The number of likely N-dealkylation sites (tertiary alicyclic amines) is 1. The predicted molar refractivity (Wildman–Crippen MR) is 84.5 cm³/mol. The molecule has 0 N–H and O–H groups in total. The number of likely N-dealkylation sites (N-methyl/N-ethyl adjacent to an activating group) is 1. The molecule has 0 bridgehead atoms. The Labute approximate surface area is 132 Å². The Hall–Kier alpha value is -1.46. The monoisotopic (exact) mass is 303 g/mol. The zero-order valence-corrected chi connectivity index (χ0v) is 13.3. The van der Waals surface area contributed by atoms with Crippen LogP contribution in [0.1, 0.15) is 24.8 Å². The van der Waals surface area contributed by atoms with Crippen LogP contribution in [0.4, 0.5) is 0 Å². The Morgan fingerprint density at radius 2 is 2.00 bits per heavy atom. The number of rotatable bonds is 5. The third-order valence-corrected chi connectivity index (χ3v) is 4.88. The summed E-state index contributed by atoms with van der Waals surface area (Å²) < 4.78 is 5.40. The average molecular weight is 303 g/mol. The first-order valence-electron chi connectivity index (χ1n) is 8.23. The fraction of sp³-hybridized carbons (Fsp3) is 0.647. The van der Waals surface area contributed by atoms with E-state index in [9.17, 15) is 4.79 Å². The van der Waals surface area contributed by atoms with Crippen molar-refractivity contribution < 1.29 is 9.53 Å². The molecule has 1 amide bonds. The minimum Gasteiger partial charge on any atom is -0.381 e. The third-order valence-electron chi connectivity index (χ3n) is 4.88. The van der Waals surface area contributed by atoms with Crippen LogP contribution in [0.15, 0.2) is 24.5 Å². The second kappa shape index (κ2) is 7.20. The molecule has 2 fully saturated rings. The summed E-state index contributed by atoms with van der Waals surface area (Å²) in [4.78, 5) is 21.0. The number of hydrogen-bond acceptors (Lipinski definition) is 4. The number of pyridine rings is 1. The lowest BCUT2D eigenvalue weighted by atomic mass is 10.1. The van der Waals surface area contributed by atoms with Crippen molar-refractivity contribution in [1.29, 1.82) is 0 Å². The van der Waals surface area contributed by atoms with E-state index in [4.69, 9.17) is 4.74 Å². The van der Waals surface area contributed by atoms with Gasteiger partial charge in [0.05, 0.1) is 6.04 Å². The summed E-state index contributed by atoms with van der Waals surface area (Å²) in [6.45, 7) is 3.38. The molecule has 0 spiro atoms. The summed E-state index contributed by atoms with van der Waals surface area (Å²) in [5.74, 6) is 0.309.